The number of likely N-dealkylation sites (N-methyl/N-ethyl adjacent to an activating group) is 1. The summed E-state index contributed by atoms with van der Waals surface area (Å²) in [6.07, 6.45) is 0. The molecular formula is C9H18N2OS. The van der Waals surface area contributed by atoms with E-state index in [4.69, 9.17) is 0 Å². The summed E-state index contributed by atoms with van der Waals surface area (Å²) in [6.45, 7) is 6.95. The Hall–Kier alpha value is -0.220. The van der Waals surface area contributed by atoms with Crippen molar-refractivity contribution in [2.75, 3.05) is 18.2 Å². The van der Waals surface area contributed by atoms with E-state index in [1.54, 1.807) is 11.8 Å². The molecule has 1 unspecified atom stereocenters. The van der Waals surface area contributed by atoms with Gasteiger partial charge in [-0.1, -0.05) is 0 Å². The molecule has 0 aromatic rings. The Kier molecular flexibility index (Phi) is 4.06. The van der Waals surface area contributed by atoms with Gasteiger partial charge in [0.05, 0.1) is 6.04 Å². The number of carbonyl (C=O) groups is 1. The first-order chi connectivity index (χ1) is 6.16. The molecule has 1 fully saturated rings. The Bertz CT molecular complexity index is 178. The molecule has 1 rings (SSSR count). The molecule has 1 atom stereocenters. The van der Waals surface area contributed by atoms with Crippen LogP contribution in [0.1, 0.15) is 20.8 Å². The zero-order chi connectivity index (χ0) is 9.84. The number of hydrogen-bond acceptors (Lipinski definition) is 3. The van der Waals surface area contributed by atoms with Gasteiger partial charge in [-0.15, -0.1) is 11.8 Å². The highest BCUT2D eigenvalue weighted by atomic mass is 32.2. The van der Waals surface area contributed by atoms with Gasteiger partial charge >= 0.3 is 0 Å². The largest absolute Gasteiger partial charge is 0.339 e. The van der Waals surface area contributed by atoms with Gasteiger partial charge in [-0.05, 0) is 20.8 Å². The van der Waals surface area contributed by atoms with Gasteiger partial charge in [0.1, 0.15) is 0 Å². The quantitative estimate of drug-likeness (QED) is 0.738. The summed E-state index contributed by atoms with van der Waals surface area (Å²) in [5.41, 5.74) is 0. The highest BCUT2D eigenvalue weighted by Crippen LogP contribution is 2.13. The third-order valence-corrected chi connectivity index (χ3v) is 3.20. The smallest absolute Gasteiger partial charge is 0.240 e. The summed E-state index contributed by atoms with van der Waals surface area (Å²) >= 11 is 1.79. The van der Waals surface area contributed by atoms with Crippen LogP contribution in [0.3, 0.4) is 0 Å². The summed E-state index contributed by atoms with van der Waals surface area (Å²) in [4.78, 5) is 13.8. The first kappa shape index (κ1) is 10.9. The maximum atomic E-state index is 11.9. The molecule has 0 aromatic heterocycles. The van der Waals surface area contributed by atoms with Crippen LogP contribution in [0.15, 0.2) is 0 Å². The topological polar surface area (TPSA) is 32.3 Å². The van der Waals surface area contributed by atoms with E-state index in [0.717, 1.165) is 18.2 Å². The molecule has 0 aliphatic carbocycles. The van der Waals surface area contributed by atoms with E-state index in [9.17, 15) is 4.79 Å². The van der Waals surface area contributed by atoms with Crippen LogP contribution in [0, 0.1) is 0 Å². The number of thioether (sulfide) groups is 1. The SMILES string of the molecule is CCN(C(=O)C1CSCN1)C(C)C. The zero-order valence-corrected chi connectivity index (χ0v) is 9.36. The van der Waals surface area contributed by atoms with E-state index in [1.807, 2.05) is 11.8 Å². The predicted octanol–water partition coefficient (Wildman–Crippen LogP) is 0.906. The number of hydrogen-bond donors (Lipinski definition) is 1. The molecule has 0 bridgehead atoms. The lowest BCUT2D eigenvalue weighted by Crippen LogP contribution is -2.47. The number of nitrogens with one attached hydrogen (secondary N) is 1. The molecule has 1 aliphatic rings. The van der Waals surface area contributed by atoms with Crippen molar-refractivity contribution in [1.29, 1.82) is 0 Å². The third-order valence-electron chi connectivity index (χ3n) is 2.26. The third kappa shape index (κ3) is 2.61. The molecule has 1 N–H and O–H groups in total. The monoisotopic (exact) mass is 202 g/mol. The van der Waals surface area contributed by atoms with Crippen LogP contribution in [-0.4, -0.2) is 41.1 Å². The van der Waals surface area contributed by atoms with Crippen molar-refractivity contribution >= 4 is 17.7 Å². The summed E-state index contributed by atoms with van der Waals surface area (Å²) in [7, 11) is 0. The minimum absolute atomic E-state index is 0.0485. The Morgan fingerprint density at radius 3 is 2.77 bits per heavy atom. The van der Waals surface area contributed by atoms with Crippen LogP contribution < -0.4 is 5.32 Å². The van der Waals surface area contributed by atoms with Gasteiger partial charge < -0.3 is 4.90 Å². The van der Waals surface area contributed by atoms with Crippen molar-refractivity contribution < 1.29 is 4.79 Å². The molecule has 0 spiro atoms. The summed E-state index contributed by atoms with van der Waals surface area (Å²) in [5, 5.41) is 3.20. The molecule has 13 heavy (non-hydrogen) atoms. The van der Waals surface area contributed by atoms with Crippen molar-refractivity contribution in [3.8, 4) is 0 Å². The van der Waals surface area contributed by atoms with E-state index >= 15 is 0 Å². The Morgan fingerprint density at radius 1 is 1.69 bits per heavy atom. The number of carbonyl (C=O) groups excluding carboxylic acids is 1. The number of nitrogens with zero attached hydrogens (tertiary/aromatic N) is 1. The van der Waals surface area contributed by atoms with Crippen LogP contribution in [-0.2, 0) is 4.79 Å². The van der Waals surface area contributed by atoms with Gasteiger partial charge in [-0.3, -0.25) is 10.1 Å². The second-order valence-corrected chi connectivity index (χ2v) is 4.52. The molecule has 1 saturated heterocycles. The lowest BCUT2D eigenvalue weighted by atomic mass is 10.2. The molecule has 76 valence electrons. The molecule has 4 heteroatoms. The number of rotatable bonds is 3. The first-order valence-corrected chi connectivity index (χ1v) is 5.94. The first-order valence-electron chi connectivity index (χ1n) is 4.78. The average molecular weight is 202 g/mol. The number of amides is 1. The average Bonchev–Trinajstić information content (AvgIpc) is 2.56. The van der Waals surface area contributed by atoms with Crippen molar-refractivity contribution in [2.24, 2.45) is 0 Å². The van der Waals surface area contributed by atoms with E-state index in [1.165, 1.54) is 0 Å². The van der Waals surface area contributed by atoms with E-state index < -0.39 is 0 Å². The predicted molar refractivity (Wildman–Crippen MR) is 56.8 cm³/mol. The second-order valence-electron chi connectivity index (χ2n) is 3.49. The maximum absolute atomic E-state index is 11.9. The van der Waals surface area contributed by atoms with Crippen LogP contribution in [0.2, 0.25) is 0 Å². The summed E-state index contributed by atoms with van der Waals surface area (Å²) in [6, 6.07) is 0.359. The van der Waals surface area contributed by atoms with Gasteiger partial charge in [-0.2, -0.15) is 0 Å². The zero-order valence-electron chi connectivity index (χ0n) is 8.54. The van der Waals surface area contributed by atoms with Crippen LogP contribution >= 0.6 is 11.8 Å². The molecule has 1 aliphatic heterocycles. The Balaban J connectivity index is 2.52. The van der Waals surface area contributed by atoms with Gasteiger partial charge in [0, 0.05) is 24.2 Å². The van der Waals surface area contributed by atoms with E-state index in [-0.39, 0.29) is 11.9 Å². The van der Waals surface area contributed by atoms with Crippen molar-refractivity contribution in [3.63, 3.8) is 0 Å². The lowest BCUT2D eigenvalue weighted by Gasteiger charge is -2.27. The Morgan fingerprint density at radius 2 is 2.38 bits per heavy atom. The van der Waals surface area contributed by atoms with E-state index in [2.05, 4.69) is 19.2 Å². The fourth-order valence-corrected chi connectivity index (χ4v) is 2.46. The minimum atomic E-state index is 0.0485. The van der Waals surface area contributed by atoms with Crippen molar-refractivity contribution in [3.05, 3.63) is 0 Å². The molecule has 1 amide bonds. The summed E-state index contributed by atoms with van der Waals surface area (Å²) < 4.78 is 0. The van der Waals surface area contributed by atoms with Gasteiger partial charge in [-0.25, -0.2) is 0 Å². The second kappa shape index (κ2) is 4.86. The fraction of sp³-hybridized carbons (Fsp3) is 0.889. The van der Waals surface area contributed by atoms with E-state index in [0.29, 0.717) is 6.04 Å². The van der Waals surface area contributed by atoms with Gasteiger partial charge in [0.25, 0.3) is 0 Å². The van der Waals surface area contributed by atoms with Gasteiger partial charge in [0.2, 0.25) is 5.91 Å². The summed E-state index contributed by atoms with van der Waals surface area (Å²) in [5.74, 6) is 2.08. The molecule has 3 nitrogen and oxygen atoms in total. The normalized spacial score (nSPS) is 22.3. The van der Waals surface area contributed by atoms with Crippen LogP contribution in [0.4, 0.5) is 0 Å². The Labute approximate surface area is 84.2 Å². The molecule has 0 radical (unpaired) electrons. The molecule has 1 heterocycles. The fourth-order valence-electron chi connectivity index (χ4n) is 1.53. The molecular weight excluding hydrogens is 184 g/mol. The van der Waals surface area contributed by atoms with Crippen LogP contribution in [0.5, 0.6) is 0 Å². The lowest BCUT2D eigenvalue weighted by molar-refractivity contribution is -0.134. The van der Waals surface area contributed by atoms with Crippen LogP contribution in [0.25, 0.3) is 0 Å². The highest BCUT2D eigenvalue weighted by Gasteiger charge is 2.27. The van der Waals surface area contributed by atoms with Gasteiger partial charge in [0.15, 0.2) is 0 Å². The maximum Gasteiger partial charge on any atom is 0.240 e. The highest BCUT2D eigenvalue weighted by molar-refractivity contribution is 7.99. The molecule has 0 saturated carbocycles. The molecule has 0 aromatic carbocycles. The minimum Gasteiger partial charge on any atom is -0.339 e. The van der Waals surface area contributed by atoms with Crippen molar-refractivity contribution in [1.82, 2.24) is 10.2 Å². The van der Waals surface area contributed by atoms with Crippen molar-refractivity contribution in [2.45, 2.75) is 32.9 Å². The standard InChI is InChI=1S/C9H18N2OS/c1-4-11(7(2)3)9(12)8-5-13-6-10-8/h7-8,10H,4-6H2,1-3H3.